The number of hydrogen-bond acceptors (Lipinski definition) is 5. The van der Waals surface area contributed by atoms with E-state index >= 15 is 0 Å². The Morgan fingerprint density at radius 1 is 1.07 bits per heavy atom. The summed E-state index contributed by atoms with van der Waals surface area (Å²) in [6, 6.07) is 14.9. The van der Waals surface area contributed by atoms with Gasteiger partial charge in [0.15, 0.2) is 0 Å². The molecule has 0 spiro atoms. The molecule has 2 aromatic carbocycles. The van der Waals surface area contributed by atoms with Gasteiger partial charge in [-0.25, -0.2) is 9.78 Å². The van der Waals surface area contributed by atoms with Crippen LogP contribution in [-0.2, 0) is 11.2 Å². The first-order valence-corrected chi connectivity index (χ1v) is 8.07. The van der Waals surface area contributed by atoms with Crippen molar-refractivity contribution >= 4 is 28.5 Å². The van der Waals surface area contributed by atoms with Gasteiger partial charge in [0.25, 0.3) is 11.6 Å². The van der Waals surface area contributed by atoms with E-state index in [-0.39, 0.29) is 17.8 Å². The Labute approximate surface area is 153 Å². The van der Waals surface area contributed by atoms with Crippen molar-refractivity contribution in [3.05, 3.63) is 82.0 Å². The Hall–Kier alpha value is -3.81. The molecule has 0 aliphatic heterocycles. The Morgan fingerprint density at radius 3 is 2.44 bits per heavy atom. The molecule has 0 fully saturated rings. The van der Waals surface area contributed by atoms with E-state index in [9.17, 15) is 24.8 Å². The summed E-state index contributed by atoms with van der Waals surface area (Å²) in [5.41, 5.74) is 1.21. The van der Waals surface area contributed by atoms with Crippen molar-refractivity contribution in [2.45, 2.75) is 12.5 Å². The average molecular weight is 365 g/mol. The Kier molecular flexibility index (Phi) is 5.07. The minimum absolute atomic E-state index is 0.00729. The highest BCUT2D eigenvalue weighted by Gasteiger charge is 2.22. The number of nitro benzene ring substituents is 1. The van der Waals surface area contributed by atoms with Gasteiger partial charge in [0.2, 0.25) is 0 Å². The number of rotatable bonds is 6. The molecule has 0 unspecified atom stereocenters. The summed E-state index contributed by atoms with van der Waals surface area (Å²) >= 11 is 0. The number of para-hydroxylation sites is 1. The lowest BCUT2D eigenvalue weighted by Crippen LogP contribution is -2.42. The molecule has 2 N–H and O–H groups in total. The van der Waals surface area contributed by atoms with Gasteiger partial charge in [-0.1, -0.05) is 36.4 Å². The number of amides is 1. The molecule has 1 heterocycles. The molecule has 1 amide bonds. The third-order valence-corrected chi connectivity index (χ3v) is 4.02. The van der Waals surface area contributed by atoms with Crippen LogP contribution in [0.4, 0.5) is 5.69 Å². The smallest absolute Gasteiger partial charge is 0.326 e. The summed E-state index contributed by atoms with van der Waals surface area (Å²) in [5, 5.41) is 23.4. The number of pyridine rings is 1. The van der Waals surface area contributed by atoms with Crippen LogP contribution in [0.1, 0.15) is 16.1 Å². The number of carboxylic acid groups (broad SMARTS) is 1. The van der Waals surface area contributed by atoms with Gasteiger partial charge in [-0.3, -0.25) is 14.9 Å². The number of hydrogen-bond donors (Lipinski definition) is 2. The van der Waals surface area contributed by atoms with Gasteiger partial charge in [-0.2, -0.15) is 0 Å². The van der Waals surface area contributed by atoms with Crippen LogP contribution < -0.4 is 5.32 Å². The molecule has 136 valence electrons. The van der Waals surface area contributed by atoms with Crippen molar-refractivity contribution < 1.29 is 19.6 Å². The van der Waals surface area contributed by atoms with Gasteiger partial charge in [-0.05, 0) is 17.7 Å². The summed E-state index contributed by atoms with van der Waals surface area (Å²) in [6.45, 7) is 0. The van der Waals surface area contributed by atoms with E-state index < -0.39 is 22.8 Å². The number of non-ortho nitro benzene ring substituents is 1. The van der Waals surface area contributed by atoms with Crippen molar-refractivity contribution in [2.75, 3.05) is 0 Å². The molecule has 3 rings (SSSR count). The average Bonchev–Trinajstić information content (AvgIpc) is 2.67. The van der Waals surface area contributed by atoms with Crippen LogP contribution in [0.15, 0.2) is 60.7 Å². The van der Waals surface area contributed by atoms with Crippen molar-refractivity contribution in [3.63, 3.8) is 0 Å². The van der Waals surface area contributed by atoms with Crippen LogP contribution in [0.5, 0.6) is 0 Å². The fraction of sp³-hybridized carbons (Fsp3) is 0.105. The van der Waals surface area contributed by atoms with Gasteiger partial charge >= 0.3 is 5.97 Å². The molecule has 0 bridgehead atoms. The van der Waals surface area contributed by atoms with Gasteiger partial charge in [0.05, 0.1) is 10.4 Å². The molecule has 8 heteroatoms. The molecule has 1 aromatic heterocycles. The van der Waals surface area contributed by atoms with E-state index in [4.69, 9.17) is 0 Å². The standard InChI is InChI=1S/C19H15N3O5/c23-18(16-10-7-13-3-1-2-4-15(13)20-16)21-17(19(24)25)11-12-5-8-14(9-6-12)22(26)27/h1-10,17H,11H2,(H,21,23)(H,24,25)/t17-/m0/s1. The van der Waals surface area contributed by atoms with Gasteiger partial charge in [0, 0.05) is 23.9 Å². The number of carboxylic acids is 1. The van der Waals surface area contributed by atoms with Crippen LogP contribution in [0.25, 0.3) is 10.9 Å². The summed E-state index contributed by atoms with van der Waals surface area (Å²) in [7, 11) is 0. The lowest BCUT2D eigenvalue weighted by molar-refractivity contribution is -0.384. The molecular formula is C19H15N3O5. The van der Waals surface area contributed by atoms with Gasteiger partial charge in [-0.15, -0.1) is 0 Å². The van der Waals surface area contributed by atoms with E-state index in [1.165, 1.54) is 30.3 Å². The zero-order valence-corrected chi connectivity index (χ0v) is 14.0. The maximum Gasteiger partial charge on any atom is 0.326 e. The number of benzene rings is 2. The predicted octanol–water partition coefficient (Wildman–Crippen LogP) is 2.57. The van der Waals surface area contributed by atoms with Gasteiger partial charge in [0.1, 0.15) is 11.7 Å². The van der Waals surface area contributed by atoms with Gasteiger partial charge < -0.3 is 10.4 Å². The molecule has 8 nitrogen and oxygen atoms in total. The van der Waals surface area contributed by atoms with Crippen molar-refractivity contribution in [1.82, 2.24) is 10.3 Å². The quantitative estimate of drug-likeness (QED) is 0.511. The van der Waals surface area contributed by atoms with E-state index in [1.54, 1.807) is 18.2 Å². The van der Waals surface area contributed by atoms with Crippen molar-refractivity contribution in [2.24, 2.45) is 0 Å². The monoisotopic (exact) mass is 365 g/mol. The Morgan fingerprint density at radius 2 is 1.78 bits per heavy atom. The number of carbonyl (C=O) groups is 2. The highest BCUT2D eigenvalue weighted by Crippen LogP contribution is 2.14. The highest BCUT2D eigenvalue weighted by atomic mass is 16.6. The third kappa shape index (κ3) is 4.24. The van der Waals surface area contributed by atoms with E-state index in [0.717, 1.165) is 5.39 Å². The molecular weight excluding hydrogens is 350 g/mol. The van der Waals surface area contributed by atoms with E-state index in [0.29, 0.717) is 11.1 Å². The van der Waals surface area contributed by atoms with E-state index in [1.807, 2.05) is 12.1 Å². The fourth-order valence-corrected chi connectivity index (χ4v) is 2.61. The molecule has 3 aromatic rings. The van der Waals surface area contributed by atoms with Crippen molar-refractivity contribution in [3.8, 4) is 0 Å². The number of fused-ring (bicyclic) bond motifs is 1. The summed E-state index contributed by atoms with van der Waals surface area (Å²) in [4.78, 5) is 38.3. The van der Waals surface area contributed by atoms with Crippen LogP contribution in [0.3, 0.4) is 0 Å². The van der Waals surface area contributed by atoms with E-state index in [2.05, 4.69) is 10.3 Å². The third-order valence-electron chi connectivity index (χ3n) is 4.02. The van der Waals surface area contributed by atoms with Crippen LogP contribution >= 0.6 is 0 Å². The number of carbonyl (C=O) groups excluding carboxylic acids is 1. The first-order chi connectivity index (χ1) is 12.9. The highest BCUT2D eigenvalue weighted by molar-refractivity contribution is 5.97. The lowest BCUT2D eigenvalue weighted by Gasteiger charge is -2.14. The van der Waals surface area contributed by atoms with Crippen LogP contribution in [-0.4, -0.2) is 32.9 Å². The second-order valence-corrected chi connectivity index (χ2v) is 5.88. The maximum atomic E-state index is 12.4. The Bertz CT molecular complexity index is 1020. The molecule has 1 atom stereocenters. The van der Waals surface area contributed by atoms with Crippen molar-refractivity contribution in [1.29, 1.82) is 0 Å². The lowest BCUT2D eigenvalue weighted by atomic mass is 10.1. The number of aliphatic carboxylic acids is 1. The first-order valence-electron chi connectivity index (χ1n) is 8.07. The molecule has 0 saturated carbocycles. The summed E-state index contributed by atoms with van der Waals surface area (Å²) in [5.74, 6) is -1.81. The number of aromatic nitrogens is 1. The molecule has 0 saturated heterocycles. The summed E-state index contributed by atoms with van der Waals surface area (Å²) in [6.07, 6.45) is -0.00729. The second kappa shape index (κ2) is 7.61. The largest absolute Gasteiger partial charge is 0.480 e. The zero-order valence-electron chi connectivity index (χ0n) is 14.0. The number of nitro groups is 1. The second-order valence-electron chi connectivity index (χ2n) is 5.88. The predicted molar refractivity (Wildman–Crippen MR) is 97.4 cm³/mol. The molecule has 27 heavy (non-hydrogen) atoms. The summed E-state index contributed by atoms with van der Waals surface area (Å²) < 4.78 is 0. The first kappa shape index (κ1) is 18.0. The minimum Gasteiger partial charge on any atom is -0.480 e. The number of nitrogens with zero attached hydrogens (tertiary/aromatic N) is 2. The normalized spacial score (nSPS) is 11.7. The van der Waals surface area contributed by atoms with Crippen LogP contribution in [0.2, 0.25) is 0 Å². The zero-order chi connectivity index (χ0) is 19.4. The van der Waals surface area contributed by atoms with Crippen LogP contribution in [0, 0.1) is 10.1 Å². The minimum atomic E-state index is -1.21. The molecule has 0 aliphatic carbocycles. The molecule has 0 radical (unpaired) electrons. The fourth-order valence-electron chi connectivity index (χ4n) is 2.61. The maximum absolute atomic E-state index is 12.4. The Balaban J connectivity index is 1.75. The topological polar surface area (TPSA) is 122 Å². The molecule has 0 aliphatic rings. The number of nitrogens with one attached hydrogen (secondary N) is 1. The SMILES string of the molecule is O=C(N[C@@H](Cc1ccc([N+](=O)[O-])cc1)C(=O)O)c1ccc2ccccc2n1.